The van der Waals surface area contributed by atoms with Crippen LogP contribution >= 0.6 is 23.1 Å². The molecular formula is C32H41ClN4O3S. The second kappa shape index (κ2) is 11.5. The lowest BCUT2D eigenvalue weighted by Gasteiger charge is -2.35. The SMILES string of the molecule is CC(OC(=O)C(C)(C)CC(C)(C)C)N1C(=O)Cc2cc(CCN3CCN(c4nsc5ccccc45)CC3)c(Cl)cc21. The highest BCUT2D eigenvalue weighted by Gasteiger charge is 2.38. The number of anilines is 2. The molecule has 3 heterocycles. The zero-order valence-electron chi connectivity index (χ0n) is 25.0. The third-order valence-electron chi connectivity index (χ3n) is 8.01. The van der Waals surface area contributed by atoms with Crippen molar-refractivity contribution in [2.24, 2.45) is 10.8 Å². The van der Waals surface area contributed by atoms with Crippen molar-refractivity contribution in [2.45, 2.75) is 67.0 Å². The number of carbonyl (C=O) groups is 2. The Labute approximate surface area is 252 Å². The fourth-order valence-electron chi connectivity index (χ4n) is 6.32. The zero-order valence-corrected chi connectivity index (χ0v) is 26.6. The number of halogens is 1. The molecule has 1 aromatic heterocycles. The van der Waals surface area contributed by atoms with Crippen molar-refractivity contribution in [1.82, 2.24) is 9.27 Å². The molecule has 1 amide bonds. The van der Waals surface area contributed by atoms with Crippen LogP contribution in [-0.2, 0) is 27.2 Å². The van der Waals surface area contributed by atoms with Crippen LogP contribution in [0.5, 0.6) is 0 Å². The zero-order chi connectivity index (χ0) is 29.5. The van der Waals surface area contributed by atoms with Gasteiger partial charge in [-0.15, -0.1) is 0 Å². The van der Waals surface area contributed by atoms with E-state index in [1.54, 1.807) is 23.4 Å². The number of esters is 1. The molecule has 0 radical (unpaired) electrons. The molecular weight excluding hydrogens is 556 g/mol. The van der Waals surface area contributed by atoms with Crippen LogP contribution in [0.15, 0.2) is 36.4 Å². The van der Waals surface area contributed by atoms with Gasteiger partial charge in [0.25, 0.3) is 0 Å². The van der Waals surface area contributed by atoms with Crippen molar-refractivity contribution in [3.05, 3.63) is 52.5 Å². The van der Waals surface area contributed by atoms with E-state index in [4.69, 9.17) is 20.7 Å². The molecule has 0 spiro atoms. The summed E-state index contributed by atoms with van der Waals surface area (Å²) in [5, 5.41) is 1.87. The number of fused-ring (bicyclic) bond motifs is 2. The molecule has 0 bridgehead atoms. The highest BCUT2D eigenvalue weighted by Crippen LogP contribution is 2.38. The molecule has 1 saturated heterocycles. The number of rotatable bonds is 8. The molecule has 2 aliphatic heterocycles. The summed E-state index contributed by atoms with van der Waals surface area (Å²) in [7, 11) is 0. The molecule has 7 nitrogen and oxygen atoms in total. The van der Waals surface area contributed by atoms with Crippen LogP contribution in [0.1, 0.15) is 59.1 Å². The molecule has 1 unspecified atom stereocenters. The molecule has 1 atom stereocenters. The average molecular weight is 597 g/mol. The average Bonchev–Trinajstić information content (AvgIpc) is 3.46. The minimum atomic E-state index is -0.705. The van der Waals surface area contributed by atoms with Gasteiger partial charge >= 0.3 is 5.97 Å². The topological polar surface area (TPSA) is 66.0 Å². The second-order valence-electron chi connectivity index (χ2n) is 13.2. The number of benzene rings is 2. The highest BCUT2D eigenvalue weighted by molar-refractivity contribution is 7.13. The van der Waals surface area contributed by atoms with Crippen LogP contribution in [0.25, 0.3) is 10.1 Å². The van der Waals surface area contributed by atoms with Gasteiger partial charge < -0.3 is 9.64 Å². The first kappa shape index (κ1) is 29.8. The Hall–Kier alpha value is -2.68. The molecule has 5 rings (SSSR count). The van der Waals surface area contributed by atoms with Crippen LogP contribution in [0, 0.1) is 10.8 Å². The summed E-state index contributed by atoms with van der Waals surface area (Å²) in [6, 6.07) is 12.3. The molecule has 2 aliphatic rings. The molecule has 220 valence electrons. The molecule has 41 heavy (non-hydrogen) atoms. The van der Waals surface area contributed by atoms with Gasteiger partial charge in [-0.05, 0) is 79.9 Å². The van der Waals surface area contributed by atoms with E-state index in [-0.39, 0.29) is 23.7 Å². The van der Waals surface area contributed by atoms with E-state index >= 15 is 0 Å². The van der Waals surface area contributed by atoms with E-state index in [1.165, 1.54) is 10.1 Å². The van der Waals surface area contributed by atoms with E-state index in [0.29, 0.717) is 11.4 Å². The molecule has 0 aliphatic carbocycles. The summed E-state index contributed by atoms with van der Waals surface area (Å²) < 4.78 is 11.8. The van der Waals surface area contributed by atoms with E-state index in [2.05, 4.69) is 60.9 Å². The van der Waals surface area contributed by atoms with Gasteiger partial charge in [0.2, 0.25) is 5.91 Å². The Morgan fingerprint density at radius 2 is 1.80 bits per heavy atom. The van der Waals surface area contributed by atoms with Crippen molar-refractivity contribution >= 4 is 56.6 Å². The summed E-state index contributed by atoms with van der Waals surface area (Å²) >= 11 is 8.32. The smallest absolute Gasteiger partial charge is 0.313 e. The largest absolute Gasteiger partial charge is 0.441 e. The molecule has 0 N–H and O–H groups in total. The summed E-state index contributed by atoms with van der Waals surface area (Å²) in [6.45, 7) is 16.6. The highest BCUT2D eigenvalue weighted by atomic mass is 35.5. The number of ether oxygens (including phenoxy) is 1. The Balaban J connectivity index is 1.19. The maximum absolute atomic E-state index is 13.0. The second-order valence-corrected chi connectivity index (χ2v) is 14.4. The third kappa shape index (κ3) is 6.55. The Morgan fingerprint density at radius 1 is 1.10 bits per heavy atom. The first-order valence-corrected chi connectivity index (χ1v) is 15.6. The minimum absolute atomic E-state index is 0.0184. The minimum Gasteiger partial charge on any atom is -0.441 e. The monoisotopic (exact) mass is 596 g/mol. The van der Waals surface area contributed by atoms with Gasteiger partial charge in [0.15, 0.2) is 6.23 Å². The number of amides is 1. The van der Waals surface area contributed by atoms with Gasteiger partial charge in [-0.2, -0.15) is 4.37 Å². The van der Waals surface area contributed by atoms with Gasteiger partial charge in [-0.1, -0.05) is 50.6 Å². The van der Waals surface area contributed by atoms with Crippen LogP contribution in [0.3, 0.4) is 0 Å². The van der Waals surface area contributed by atoms with Crippen LogP contribution in [0.2, 0.25) is 5.02 Å². The molecule has 9 heteroatoms. The number of carbonyl (C=O) groups excluding carboxylic acids is 2. The Kier molecular flexibility index (Phi) is 8.39. The predicted molar refractivity (Wildman–Crippen MR) is 168 cm³/mol. The summed E-state index contributed by atoms with van der Waals surface area (Å²) in [5.74, 6) is 0.721. The summed E-state index contributed by atoms with van der Waals surface area (Å²) in [6.07, 6.45) is 1.07. The van der Waals surface area contributed by atoms with Crippen LogP contribution in [0.4, 0.5) is 11.5 Å². The number of hydrogen-bond donors (Lipinski definition) is 0. The number of hydrogen-bond acceptors (Lipinski definition) is 7. The third-order valence-corrected chi connectivity index (χ3v) is 9.18. The number of aromatic nitrogens is 1. The Morgan fingerprint density at radius 3 is 2.51 bits per heavy atom. The van der Waals surface area contributed by atoms with E-state index < -0.39 is 11.6 Å². The van der Waals surface area contributed by atoms with Gasteiger partial charge in [-0.25, -0.2) is 0 Å². The van der Waals surface area contributed by atoms with Crippen molar-refractivity contribution < 1.29 is 14.3 Å². The quantitative estimate of drug-likeness (QED) is 0.275. The maximum atomic E-state index is 13.0. The van der Waals surface area contributed by atoms with Gasteiger partial charge in [0, 0.05) is 43.1 Å². The Bertz CT molecular complexity index is 1440. The van der Waals surface area contributed by atoms with Crippen molar-refractivity contribution in [3.63, 3.8) is 0 Å². The summed E-state index contributed by atoms with van der Waals surface area (Å²) in [4.78, 5) is 32.5. The predicted octanol–water partition coefficient (Wildman–Crippen LogP) is 6.56. The lowest BCUT2D eigenvalue weighted by molar-refractivity contribution is -0.160. The lowest BCUT2D eigenvalue weighted by atomic mass is 9.76. The molecule has 1 fully saturated rings. The lowest BCUT2D eigenvalue weighted by Crippen LogP contribution is -2.47. The van der Waals surface area contributed by atoms with Crippen molar-refractivity contribution in [3.8, 4) is 0 Å². The van der Waals surface area contributed by atoms with E-state index in [0.717, 1.165) is 61.8 Å². The summed E-state index contributed by atoms with van der Waals surface area (Å²) in [5.41, 5.74) is 2.05. The maximum Gasteiger partial charge on any atom is 0.313 e. The fraction of sp³-hybridized carbons (Fsp3) is 0.531. The number of piperazine rings is 1. The molecule has 3 aromatic rings. The molecule has 0 saturated carbocycles. The standard InChI is InChI=1S/C32H41ClN4O3S/c1-21(40-30(39)32(5,6)20-31(2,3)4)37-26-19-25(33)22(17-23(26)18-28(37)38)11-12-35-13-15-36(16-14-35)29-24-9-7-8-10-27(24)41-34-29/h7-10,17,19,21H,11-16,18,20H2,1-6H3. The van der Waals surface area contributed by atoms with Gasteiger partial charge in [-0.3, -0.25) is 19.4 Å². The van der Waals surface area contributed by atoms with E-state index in [9.17, 15) is 9.59 Å². The first-order valence-electron chi connectivity index (χ1n) is 14.5. The van der Waals surface area contributed by atoms with Crippen LogP contribution in [-0.4, -0.2) is 60.1 Å². The van der Waals surface area contributed by atoms with Crippen LogP contribution < -0.4 is 9.80 Å². The van der Waals surface area contributed by atoms with Crippen molar-refractivity contribution in [1.29, 1.82) is 0 Å². The molecule has 2 aromatic carbocycles. The van der Waals surface area contributed by atoms with E-state index in [1.807, 2.05) is 19.9 Å². The number of nitrogens with zero attached hydrogens (tertiary/aromatic N) is 4. The van der Waals surface area contributed by atoms with Gasteiger partial charge in [0.05, 0.1) is 22.2 Å². The fourth-order valence-corrected chi connectivity index (χ4v) is 7.37. The van der Waals surface area contributed by atoms with Crippen molar-refractivity contribution in [2.75, 3.05) is 42.5 Å². The first-order chi connectivity index (χ1) is 19.3. The normalized spacial score (nSPS) is 17.3. The van der Waals surface area contributed by atoms with Gasteiger partial charge in [0.1, 0.15) is 5.82 Å².